The molecule has 1 unspecified atom stereocenters. The maximum Gasteiger partial charge on any atom is 0.291 e. The van der Waals surface area contributed by atoms with Gasteiger partial charge in [-0.05, 0) is 38.3 Å². The highest BCUT2D eigenvalue weighted by Gasteiger charge is 2.29. The molecule has 1 aliphatic carbocycles. The molecule has 0 bridgehead atoms. The van der Waals surface area contributed by atoms with Crippen LogP contribution in [0.1, 0.15) is 46.4 Å². The fraction of sp³-hybridized carbons (Fsp3) is 0.375. The number of carbonyl (C=O) groups excluding carboxylic acids is 1. The number of hydrogen-bond donors (Lipinski definition) is 1. The minimum Gasteiger partial charge on any atom is -0.348 e. The summed E-state index contributed by atoms with van der Waals surface area (Å²) in [5.41, 5.74) is 3.74. The number of amides is 1. The summed E-state index contributed by atoms with van der Waals surface area (Å²) in [5, 5.41) is 12.0. The quantitative estimate of drug-likeness (QED) is 0.783. The van der Waals surface area contributed by atoms with Gasteiger partial charge in [0.2, 0.25) is 11.4 Å². The molecule has 0 aromatic carbocycles. The van der Waals surface area contributed by atoms with Gasteiger partial charge in [-0.1, -0.05) is 5.16 Å². The maximum atomic E-state index is 12.6. The summed E-state index contributed by atoms with van der Waals surface area (Å²) in [6.45, 7) is 1.98. The van der Waals surface area contributed by atoms with Gasteiger partial charge in [-0.3, -0.25) is 9.48 Å². The molecule has 118 valence electrons. The van der Waals surface area contributed by atoms with Crippen LogP contribution in [-0.2, 0) is 13.5 Å². The molecule has 23 heavy (non-hydrogen) atoms. The Kier molecular flexibility index (Phi) is 3.14. The topological polar surface area (TPSA) is 85.8 Å². The van der Waals surface area contributed by atoms with E-state index in [1.165, 1.54) is 5.69 Å². The Morgan fingerprint density at radius 2 is 2.35 bits per heavy atom. The predicted octanol–water partition coefficient (Wildman–Crippen LogP) is 2.07. The number of aryl methyl sites for hydroxylation is 2. The predicted molar refractivity (Wildman–Crippen MR) is 82.9 cm³/mol. The molecule has 3 heterocycles. The third-order valence-corrected chi connectivity index (χ3v) is 4.41. The van der Waals surface area contributed by atoms with Crippen molar-refractivity contribution in [1.82, 2.24) is 25.2 Å². The van der Waals surface area contributed by atoms with Gasteiger partial charge in [0.15, 0.2) is 0 Å². The van der Waals surface area contributed by atoms with Crippen molar-refractivity contribution in [3.63, 3.8) is 0 Å². The summed E-state index contributed by atoms with van der Waals surface area (Å²) in [7, 11) is 1.95. The second-order valence-electron chi connectivity index (χ2n) is 5.87. The summed E-state index contributed by atoms with van der Waals surface area (Å²) in [6.07, 6.45) is 4.54. The Balaban J connectivity index is 1.66. The summed E-state index contributed by atoms with van der Waals surface area (Å²) in [5.74, 6) is -0.0524. The first-order valence-electron chi connectivity index (χ1n) is 7.69. The van der Waals surface area contributed by atoms with Crippen molar-refractivity contribution in [2.75, 3.05) is 0 Å². The van der Waals surface area contributed by atoms with Crippen LogP contribution in [0.25, 0.3) is 11.0 Å². The first-order valence-corrected chi connectivity index (χ1v) is 7.69. The third kappa shape index (κ3) is 2.19. The lowest BCUT2D eigenvalue weighted by molar-refractivity contribution is 0.0897. The molecule has 1 atom stereocenters. The lowest BCUT2D eigenvalue weighted by Gasteiger charge is -2.24. The number of nitrogens with zero attached hydrogens (tertiary/aromatic N) is 4. The average Bonchev–Trinajstić information content (AvgIpc) is 3.10. The van der Waals surface area contributed by atoms with Crippen LogP contribution in [-0.4, -0.2) is 25.8 Å². The second kappa shape index (κ2) is 5.19. The van der Waals surface area contributed by atoms with Gasteiger partial charge in [0.1, 0.15) is 0 Å². The van der Waals surface area contributed by atoms with Crippen LogP contribution in [0, 0.1) is 6.92 Å². The molecule has 7 nitrogen and oxygen atoms in total. The fourth-order valence-electron chi connectivity index (χ4n) is 3.41. The van der Waals surface area contributed by atoms with Crippen LogP contribution in [0.5, 0.6) is 0 Å². The van der Waals surface area contributed by atoms with Crippen molar-refractivity contribution in [3.8, 4) is 0 Å². The minimum absolute atomic E-state index is 0.0447. The molecule has 3 aromatic rings. The Morgan fingerprint density at radius 1 is 1.48 bits per heavy atom. The standard InChI is InChI=1S/C16H17N5O2/c1-9-13-11(6-3-7-12(13)21(2)19-9)18-16(22)14-10-5-4-8-17-15(10)20-23-14/h4-5,8,11H,3,6-7H2,1-2H3,(H,18,22). The number of fused-ring (bicyclic) bond motifs is 2. The van der Waals surface area contributed by atoms with Gasteiger partial charge in [-0.15, -0.1) is 0 Å². The summed E-state index contributed by atoms with van der Waals surface area (Å²) < 4.78 is 7.11. The van der Waals surface area contributed by atoms with Gasteiger partial charge in [-0.2, -0.15) is 5.10 Å². The number of nitrogens with one attached hydrogen (secondary N) is 1. The molecule has 1 amide bonds. The Labute approximate surface area is 132 Å². The van der Waals surface area contributed by atoms with E-state index in [4.69, 9.17) is 4.52 Å². The maximum absolute atomic E-state index is 12.6. The first kappa shape index (κ1) is 13.9. The molecule has 0 radical (unpaired) electrons. The highest BCUT2D eigenvalue weighted by molar-refractivity contribution is 6.02. The number of aromatic nitrogens is 4. The fourth-order valence-corrected chi connectivity index (χ4v) is 3.41. The van der Waals surface area contributed by atoms with Crippen LogP contribution < -0.4 is 5.32 Å². The van der Waals surface area contributed by atoms with E-state index >= 15 is 0 Å². The second-order valence-corrected chi connectivity index (χ2v) is 5.87. The lowest BCUT2D eigenvalue weighted by atomic mass is 9.91. The molecule has 0 saturated carbocycles. The first-order chi connectivity index (χ1) is 11.1. The summed E-state index contributed by atoms with van der Waals surface area (Å²) >= 11 is 0. The number of rotatable bonds is 2. The van der Waals surface area contributed by atoms with Gasteiger partial charge in [0.25, 0.3) is 5.91 Å². The van der Waals surface area contributed by atoms with Crippen molar-refractivity contribution >= 4 is 16.9 Å². The monoisotopic (exact) mass is 311 g/mol. The van der Waals surface area contributed by atoms with Crippen LogP contribution in [0.4, 0.5) is 0 Å². The van der Waals surface area contributed by atoms with E-state index in [0.717, 1.165) is 30.5 Å². The van der Waals surface area contributed by atoms with Crippen molar-refractivity contribution < 1.29 is 9.32 Å². The van der Waals surface area contributed by atoms with E-state index in [9.17, 15) is 4.79 Å². The molecule has 4 rings (SSSR count). The third-order valence-electron chi connectivity index (χ3n) is 4.41. The molecule has 7 heteroatoms. The molecule has 1 aliphatic rings. The molecule has 0 fully saturated rings. The zero-order valence-electron chi connectivity index (χ0n) is 13.0. The van der Waals surface area contributed by atoms with E-state index in [-0.39, 0.29) is 17.7 Å². The van der Waals surface area contributed by atoms with E-state index in [0.29, 0.717) is 11.0 Å². The Bertz CT molecular complexity index is 895. The van der Waals surface area contributed by atoms with Crippen LogP contribution in [0.15, 0.2) is 22.9 Å². The average molecular weight is 311 g/mol. The zero-order valence-corrected chi connectivity index (χ0v) is 13.0. The van der Waals surface area contributed by atoms with E-state index in [2.05, 4.69) is 20.6 Å². The van der Waals surface area contributed by atoms with E-state index in [1.54, 1.807) is 18.3 Å². The van der Waals surface area contributed by atoms with Crippen molar-refractivity contribution in [1.29, 1.82) is 0 Å². The van der Waals surface area contributed by atoms with Crippen LogP contribution >= 0.6 is 0 Å². The summed E-state index contributed by atoms with van der Waals surface area (Å²) in [6, 6.07) is 3.51. The van der Waals surface area contributed by atoms with Crippen molar-refractivity contribution in [2.24, 2.45) is 7.05 Å². The van der Waals surface area contributed by atoms with Gasteiger partial charge >= 0.3 is 0 Å². The van der Waals surface area contributed by atoms with Gasteiger partial charge < -0.3 is 9.84 Å². The Hall–Kier alpha value is -2.70. The summed E-state index contributed by atoms with van der Waals surface area (Å²) in [4.78, 5) is 16.7. The van der Waals surface area contributed by atoms with Gasteiger partial charge in [-0.25, -0.2) is 4.98 Å². The van der Waals surface area contributed by atoms with Gasteiger partial charge in [0.05, 0.1) is 17.1 Å². The zero-order chi connectivity index (χ0) is 16.0. The molecule has 0 aliphatic heterocycles. The van der Waals surface area contributed by atoms with E-state index < -0.39 is 0 Å². The minimum atomic E-state index is -0.262. The normalized spacial score (nSPS) is 17.2. The lowest BCUT2D eigenvalue weighted by Crippen LogP contribution is -2.31. The van der Waals surface area contributed by atoms with Crippen LogP contribution in [0.2, 0.25) is 0 Å². The van der Waals surface area contributed by atoms with Crippen molar-refractivity contribution in [3.05, 3.63) is 41.0 Å². The smallest absolute Gasteiger partial charge is 0.291 e. The van der Waals surface area contributed by atoms with Gasteiger partial charge in [0, 0.05) is 24.5 Å². The molecule has 1 N–H and O–H groups in total. The highest BCUT2D eigenvalue weighted by Crippen LogP contribution is 2.32. The number of hydrogen-bond acceptors (Lipinski definition) is 5. The SMILES string of the molecule is Cc1nn(C)c2c1C(NC(=O)c1onc3ncccc13)CCC2. The largest absolute Gasteiger partial charge is 0.348 e. The van der Waals surface area contributed by atoms with Crippen LogP contribution in [0.3, 0.4) is 0 Å². The molecular formula is C16H17N5O2. The number of pyridine rings is 1. The molecule has 3 aromatic heterocycles. The van der Waals surface area contributed by atoms with Crippen molar-refractivity contribution in [2.45, 2.75) is 32.2 Å². The molecular weight excluding hydrogens is 294 g/mol. The molecule has 0 spiro atoms. The van der Waals surface area contributed by atoms with E-state index in [1.807, 2.05) is 18.7 Å². The highest BCUT2D eigenvalue weighted by atomic mass is 16.5. The number of carbonyl (C=O) groups is 1. The Morgan fingerprint density at radius 3 is 3.22 bits per heavy atom. The molecule has 0 saturated heterocycles.